The molecule has 0 spiro atoms. The molecule has 0 aliphatic heterocycles. The summed E-state index contributed by atoms with van der Waals surface area (Å²) in [5.41, 5.74) is 6.91. The standard InChI is InChI=1S/C14H9Cl2N3O2/c15-12-5-9(18)4-11(13(12)16)14(20)21-7-8-1-2-19-10(3-8)6-17/h1-5H,7,18H2. The van der Waals surface area contributed by atoms with Gasteiger partial charge in [0.1, 0.15) is 18.4 Å². The molecule has 2 N–H and O–H groups in total. The lowest BCUT2D eigenvalue weighted by Crippen LogP contribution is -2.07. The van der Waals surface area contributed by atoms with E-state index in [1.807, 2.05) is 6.07 Å². The molecule has 21 heavy (non-hydrogen) atoms. The Morgan fingerprint density at radius 2 is 2.14 bits per heavy atom. The maximum Gasteiger partial charge on any atom is 0.340 e. The fourth-order valence-electron chi connectivity index (χ4n) is 1.61. The van der Waals surface area contributed by atoms with E-state index in [0.717, 1.165) is 0 Å². The molecular formula is C14H9Cl2N3O2. The van der Waals surface area contributed by atoms with Crippen LogP contribution < -0.4 is 5.73 Å². The van der Waals surface area contributed by atoms with E-state index in [2.05, 4.69) is 4.98 Å². The summed E-state index contributed by atoms with van der Waals surface area (Å²) in [6.45, 7) is -0.0151. The van der Waals surface area contributed by atoms with Crippen molar-refractivity contribution < 1.29 is 9.53 Å². The minimum atomic E-state index is -0.649. The molecule has 1 heterocycles. The van der Waals surface area contributed by atoms with Gasteiger partial charge in [-0.25, -0.2) is 9.78 Å². The van der Waals surface area contributed by atoms with Gasteiger partial charge < -0.3 is 10.5 Å². The van der Waals surface area contributed by atoms with Crippen molar-refractivity contribution in [3.05, 3.63) is 57.3 Å². The molecule has 2 aromatic rings. The van der Waals surface area contributed by atoms with E-state index in [-0.39, 0.29) is 27.9 Å². The molecule has 1 aromatic heterocycles. The van der Waals surface area contributed by atoms with Crippen LogP contribution in [0.5, 0.6) is 0 Å². The molecule has 106 valence electrons. The Morgan fingerprint density at radius 3 is 2.86 bits per heavy atom. The number of esters is 1. The van der Waals surface area contributed by atoms with Gasteiger partial charge in [-0.1, -0.05) is 23.2 Å². The summed E-state index contributed by atoms with van der Waals surface area (Å²) in [5, 5.41) is 9.01. The van der Waals surface area contributed by atoms with Crippen molar-refractivity contribution in [1.29, 1.82) is 5.26 Å². The highest BCUT2D eigenvalue weighted by atomic mass is 35.5. The van der Waals surface area contributed by atoms with Crippen LogP contribution in [0, 0.1) is 11.3 Å². The van der Waals surface area contributed by atoms with E-state index in [1.54, 1.807) is 6.07 Å². The second kappa shape index (κ2) is 6.44. The number of hydrogen-bond donors (Lipinski definition) is 1. The van der Waals surface area contributed by atoms with Crippen LogP contribution in [-0.4, -0.2) is 11.0 Å². The quantitative estimate of drug-likeness (QED) is 0.692. The lowest BCUT2D eigenvalue weighted by molar-refractivity contribution is 0.0473. The number of ether oxygens (including phenoxy) is 1. The first kappa shape index (κ1) is 15.1. The number of nitrogens with zero attached hydrogens (tertiary/aromatic N) is 2. The van der Waals surface area contributed by atoms with Crippen LogP contribution >= 0.6 is 23.2 Å². The summed E-state index contributed by atoms with van der Waals surface area (Å²) >= 11 is 11.8. The number of nitrogens with two attached hydrogens (primary N) is 1. The van der Waals surface area contributed by atoms with Gasteiger partial charge in [-0.15, -0.1) is 0 Å². The van der Waals surface area contributed by atoms with E-state index < -0.39 is 5.97 Å². The van der Waals surface area contributed by atoms with Crippen LogP contribution in [0.4, 0.5) is 5.69 Å². The third-order valence-corrected chi connectivity index (χ3v) is 3.38. The molecular weight excluding hydrogens is 313 g/mol. The molecule has 0 unspecified atom stereocenters. The average molecular weight is 322 g/mol. The molecule has 0 radical (unpaired) electrons. The van der Waals surface area contributed by atoms with Crippen molar-refractivity contribution in [1.82, 2.24) is 4.98 Å². The van der Waals surface area contributed by atoms with Gasteiger partial charge in [-0.3, -0.25) is 0 Å². The van der Waals surface area contributed by atoms with Crippen LogP contribution in [-0.2, 0) is 11.3 Å². The van der Waals surface area contributed by atoms with Crippen molar-refractivity contribution in [3.63, 3.8) is 0 Å². The maximum absolute atomic E-state index is 12.0. The summed E-state index contributed by atoms with van der Waals surface area (Å²) in [4.78, 5) is 15.8. The predicted octanol–water partition coefficient (Wildman–Crippen LogP) is 3.20. The lowest BCUT2D eigenvalue weighted by atomic mass is 10.2. The zero-order chi connectivity index (χ0) is 15.4. The number of carbonyl (C=O) groups excluding carboxylic acids is 1. The first-order valence-electron chi connectivity index (χ1n) is 5.78. The number of nitrogen functional groups attached to an aromatic ring is 1. The number of rotatable bonds is 3. The highest BCUT2D eigenvalue weighted by Gasteiger charge is 2.15. The van der Waals surface area contributed by atoms with Gasteiger partial charge in [0.25, 0.3) is 0 Å². The zero-order valence-corrected chi connectivity index (χ0v) is 12.1. The van der Waals surface area contributed by atoms with Crippen molar-refractivity contribution in [2.24, 2.45) is 0 Å². The van der Waals surface area contributed by atoms with Crippen LogP contribution in [0.1, 0.15) is 21.6 Å². The van der Waals surface area contributed by atoms with Crippen LogP contribution in [0.25, 0.3) is 0 Å². The smallest absolute Gasteiger partial charge is 0.340 e. The number of halogens is 2. The minimum Gasteiger partial charge on any atom is -0.457 e. The molecule has 0 fully saturated rings. The number of hydrogen-bond acceptors (Lipinski definition) is 5. The van der Waals surface area contributed by atoms with Gasteiger partial charge in [0, 0.05) is 11.9 Å². The molecule has 5 nitrogen and oxygen atoms in total. The summed E-state index contributed by atoms with van der Waals surface area (Å²) in [6, 6.07) is 7.91. The van der Waals surface area contributed by atoms with Gasteiger partial charge in [0.15, 0.2) is 0 Å². The van der Waals surface area contributed by atoms with Crippen molar-refractivity contribution in [2.75, 3.05) is 5.73 Å². The predicted molar refractivity (Wildman–Crippen MR) is 78.9 cm³/mol. The van der Waals surface area contributed by atoms with Crippen molar-refractivity contribution in [2.45, 2.75) is 6.61 Å². The van der Waals surface area contributed by atoms with E-state index in [0.29, 0.717) is 11.3 Å². The molecule has 0 saturated heterocycles. The van der Waals surface area contributed by atoms with Crippen molar-refractivity contribution in [3.8, 4) is 6.07 Å². The summed E-state index contributed by atoms with van der Waals surface area (Å²) in [7, 11) is 0. The highest BCUT2D eigenvalue weighted by molar-refractivity contribution is 6.44. The van der Waals surface area contributed by atoms with Crippen LogP contribution in [0.3, 0.4) is 0 Å². The Hall–Kier alpha value is -2.29. The first-order valence-corrected chi connectivity index (χ1v) is 6.53. The third-order valence-electron chi connectivity index (χ3n) is 2.58. The lowest BCUT2D eigenvalue weighted by Gasteiger charge is -2.08. The van der Waals surface area contributed by atoms with Crippen molar-refractivity contribution >= 4 is 34.9 Å². The molecule has 0 amide bonds. The van der Waals surface area contributed by atoms with Gasteiger partial charge in [-0.05, 0) is 29.8 Å². The van der Waals surface area contributed by atoms with Gasteiger partial charge in [0.2, 0.25) is 0 Å². The zero-order valence-electron chi connectivity index (χ0n) is 10.6. The largest absolute Gasteiger partial charge is 0.457 e. The molecule has 0 aliphatic rings. The van der Waals surface area contributed by atoms with E-state index in [1.165, 1.54) is 24.4 Å². The normalized spacial score (nSPS) is 9.95. The molecule has 0 saturated carbocycles. The topological polar surface area (TPSA) is 89.0 Å². The first-order chi connectivity index (χ1) is 10.0. The summed E-state index contributed by atoms with van der Waals surface area (Å²) in [6.07, 6.45) is 1.46. The fraction of sp³-hybridized carbons (Fsp3) is 0.0714. The highest BCUT2D eigenvalue weighted by Crippen LogP contribution is 2.29. The Bertz CT molecular complexity index is 741. The monoisotopic (exact) mass is 321 g/mol. The SMILES string of the molecule is N#Cc1cc(COC(=O)c2cc(N)cc(Cl)c2Cl)ccn1. The molecule has 0 aliphatic carbocycles. The number of pyridine rings is 1. The van der Waals surface area contributed by atoms with Gasteiger partial charge >= 0.3 is 5.97 Å². The number of anilines is 1. The fourth-order valence-corrected chi connectivity index (χ4v) is 2.02. The Morgan fingerprint density at radius 1 is 1.38 bits per heavy atom. The molecule has 0 atom stereocenters. The second-order valence-corrected chi connectivity index (χ2v) is 4.89. The average Bonchev–Trinajstić information content (AvgIpc) is 2.48. The van der Waals surface area contributed by atoms with Gasteiger partial charge in [0.05, 0.1) is 15.6 Å². The van der Waals surface area contributed by atoms with E-state index >= 15 is 0 Å². The Labute approximate surface area is 130 Å². The Kier molecular flexibility index (Phi) is 4.63. The number of carbonyl (C=O) groups is 1. The van der Waals surface area contributed by atoms with E-state index in [9.17, 15) is 4.79 Å². The molecule has 2 rings (SSSR count). The Balaban J connectivity index is 2.14. The van der Waals surface area contributed by atoms with Crippen LogP contribution in [0.15, 0.2) is 30.5 Å². The third kappa shape index (κ3) is 3.63. The van der Waals surface area contributed by atoms with Crippen LogP contribution in [0.2, 0.25) is 10.0 Å². The number of nitriles is 1. The number of benzene rings is 1. The molecule has 0 bridgehead atoms. The number of aromatic nitrogens is 1. The van der Waals surface area contributed by atoms with Gasteiger partial charge in [-0.2, -0.15) is 5.26 Å². The molecule has 7 heteroatoms. The minimum absolute atomic E-state index is 0.0151. The molecule has 1 aromatic carbocycles. The second-order valence-electron chi connectivity index (χ2n) is 4.10. The van der Waals surface area contributed by atoms with E-state index in [4.69, 9.17) is 38.9 Å². The maximum atomic E-state index is 12.0. The summed E-state index contributed by atoms with van der Waals surface area (Å²) in [5.74, 6) is -0.649. The summed E-state index contributed by atoms with van der Waals surface area (Å²) < 4.78 is 5.13.